The summed E-state index contributed by atoms with van der Waals surface area (Å²) in [5.74, 6) is -3.81. The Labute approximate surface area is 148 Å². The van der Waals surface area contributed by atoms with Gasteiger partial charge in [0.25, 0.3) is 11.8 Å². The molecule has 2 saturated heterocycles. The molecule has 0 bridgehead atoms. The van der Waals surface area contributed by atoms with Gasteiger partial charge in [-0.1, -0.05) is 6.42 Å². The monoisotopic (exact) mass is 389 g/mol. The van der Waals surface area contributed by atoms with Crippen molar-refractivity contribution in [3.05, 3.63) is 0 Å². The minimum atomic E-state index is -5.01. The lowest BCUT2D eigenvalue weighted by Crippen LogP contribution is -2.36. The number of nitrogens with zero attached hydrogens (tertiary/aromatic N) is 2. The molecule has 0 aromatic heterocycles. The zero-order chi connectivity index (χ0) is 19.5. The summed E-state index contributed by atoms with van der Waals surface area (Å²) in [6.45, 7) is 0.263. The van der Waals surface area contributed by atoms with Gasteiger partial charge < -0.3 is 9.39 Å². The molecule has 4 amide bonds. The zero-order valence-electron chi connectivity index (χ0n) is 13.7. The highest BCUT2D eigenvalue weighted by molar-refractivity contribution is 7.87. The number of hydrogen-bond donors (Lipinski definition) is 0. The summed E-state index contributed by atoms with van der Waals surface area (Å²) in [5, 5.41) is -2.05. The van der Waals surface area contributed by atoms with Crippen LogP contribution in [0.3, 0.4) is 0 Å². The van der Waals surface area contributed by atoms with Crippen LogP contribution >= 0.6 is 0 Å². The van der Waals surface area contributed by atoms with Crippen LogP contribution in [0.1, 0.15) is 44.9 Å². The molecule has 0 spiro atoms. The molecule has 0 aromatic rings. The molecule has 0 aromatic carbocycles. The molecule has 0 saturated carbocycles. The second-order valence-electron chi connectivity index (χ2n) is 5.92. The minimum Gasteiger partial charge on any atom is -0.747 e. The number of imide groups is 2. The first-order chi connectivity index (χ1) is 12.1. The molecular formula is C14H17N2O9S-. The molecular weight excluding hydrogens is 372 g/mol. The Morgan fingerprint density at radius 2 is 1.65 bits per heavy atom. The third kappa shape index (κ3) is 4.64. The van der Waals surface area contributed by atoms with Gasteiger partial charge in [0.05, 0.1) is 6.42 Å². The van der Waals surface area contributed by atoms with Crippen molar-refractivity contribution in [2.75, 3.05) is 6.54 Å². The zero-order valence-corrected chi connectivity index (χ0v) is 14.5. The SMILES string of the molecule is O=C(CCCCCN1C(=O)CCC1=O)ON1C(=O)CC(S(=O)(=O)[O-])C1=O. The van der Waals surface area contributed by atoms with Crippen molar-refractivity contribution < 1.29 is 41.8 Å². The quantitative estimate of drug-likeness (QED) is 0.283. The summed E-state index contributed by atoms with van der Waals surface area (Å²) in [6, 6.07) is 0. The van der Waals surface area contributed by atoms with Crippen LogP contribution in [0.2, 0.25) is 0 Å². The maximum absolute atomic E-state index is 11.7. The summed E-state index contributed by atoms with van der Waals surface area (Å²) >= 11 is 0. The summed E-state index contributed by atoms with van der Waals surface area (Å²) in [4.78, 5) is 63.4. The average molecular weight is 389 g/mol. The summed E-state index contributed by atoms with van der Waals surface area (Å²) in [6.07, 6.45) is 0.707. The highest BCUT2D eigenvalue weighted by Crippen LogP contribution is 2.20. The minimum absolute atomic E-state index is 0.0179. The van der Waals surface area contributed by atoms with Gasteiger partial charge in [0, 0.05) is 25.8 Å². The van der Waals surface area contributed by atoms with E-state index in [2.05, 4.69) is 4.84 Å². The fraction of sp³-hybridized carbons (Fsp3) is 0.643. The van der Waals surface area contributed by atoms with Crippen LogP contribution in [0, 0.1) is 0 Å². The lowest BCUT2D eigenvalue weighted by Gasteiger charge is -2.15. The van der Waals surface area contributed by atoms with Crippen molar-refractivity contribution in [2.24, 2.45) is 0 Å². The molecule has 144 valence electrons. The molecule has 2 fully saturated rings. The van der Waals surface area contributed by atoms with Crippen molar-refractivity contribution in [3.63, 3.8) is 0 Å². The van der Waals surface area contributed by atoms with E-state index in [9.17, 15) is 36.9 Å². The van der Waals surface area contributed by atoms with E-state index < -0.39 is 39.6 Å². The highest BCUT2D eigenvalue weighted by atomic mass is 32.2. The Hall–Kier alpha value is -2.34. The van der Waals surface area contributed by atoms with E-state index in [-0.39, 0.29) is 42.7 Å². The van der Waals surface area contributed by atoms with E-state index in [0.717, 1.165) is 0 Å². The Kier molecular flexibility index (Phi) is 6.08. The second kappa shape index (κ2) is 7.91. The number of carbonyl (C=O) groups excluding carboxylic acids is 5. The molecule has 26 heavy (non-hydrogen) atoms. The molecule has 12 heteroatoms. The van der Waals surface area contributed by atoms with Gasteiger partial charge in [-0.25, -0.2) is 13.2 Å². The Balaban J connectivity index is 1.70. The van der Waals surface area contributed by atoms with Crippen molar-refractivity contribution in [2.45, 2.75) is 50.2 Å². The van der Waals surface area contributed by atoms with Gasteiger partial charge in [-0.3, -0.25) is 24.1 Å². The first kappa shape index (κ1) is 20.0. The predicted octanol–water partition coefficient (Wildman–Crippen LogP) is -1.17. The third-order valence-corrected chi connectivity index (χ3v) is 5.09. The molecule has 2 heterocycles. The van der Waals surface area contributed by atoms with E-state index in [1.807, 2.05) is 0 Å². The van der Waals surface area contributed by atoms with Crippen LogP contribution < -0.4 is 0 Å². The van der Waals surface area contributed by atoms with Crippen molar-refractivity contribution in [1.82, 2.24) is 9.96 Å². The molecule has 2 aliphatic heterocycles. The van der Waals surface area contributed by atoms with Crippen molar-refractivity contribution in [1.29, 1.82) is 0 Å². The van der Waals surface area contributed by atoms with Gasteiger partial charge in [0.1, 0.15) is 15.4 Å². The second-order valence-corrected chi connectivity index (χ2v) is 7.48. The average Bonchev–Trinajstić information content (AvgIpc) is 3.01. The normalized spacial score (nSPS) is 21.0. The van der Waals surface area contributed by atoms with E-state index >= 15 is 0 Å². The highest BCUT2D eigenvalue weighted by Gasteiger charge is 2.45. The topological polar surface area (TPSA) is 158 Å². The van der Waals surface area contributed by atoms with Gasteiger partial charge in [-0.2, -0.15) is 0 Å². The Morgan fingerprint density at radius 1 is 1.04 bits per heavy atom. The predicted molar refractivity (Wildman–Crippen MR) is 80.5 cm³/mol. The maximum Gasteiger partial charge on any atom is 0.333 e. The van der Waals surface area contributed by atoms with Gasteiger partial charge in [-0.05, 0) is 12.8 Å². The molecule has 11 nitrogen and oxygen atoms in total. The van der Waals surface area contributed by atoms with E-state index in [0.29, 0.717) is 19.3 Å². The molecule has 1 atom stereocenters. The molecule has 0 radical (unpaired) electrons. The van der Waals surface area contributed by atoms with Gasteiger partial charge in [-0.15, -0.1) is 5.06 Å². The summed E-state index contributed by atoms with van der Waals surface area (Å²) in [5.41, 5.74) is 0. The van der Waals surface area contributed by atoms with E-state index in [1.54, 1.807) is 0 Å². The van der Waals surface area contributed by atoms with E-state index in [1.165, 1.54) is 4.90 Å². The molecule has 2 aliphatic rings. The van der Waals surface area contributed by atoms with Crippen LogP contribution in [0.5, 0.6) is 0 Å². The molecule has 1 unspecified atom stereocenters. The number of unbranched alkanes of at least 4 members (excludes halogenated alkanes) is 2. The van der Waals surface area contributed by atoms with Crippen LogP contribution in [0.4, 0.5) is 0 Å². The van der Waals surface area contributed by atoms with Gasteiger partial charge in [0.2, 0.25) is 11.8 Å². The summed E-state index contributed by atoms with van der Waals surface area (Å²) < 4.78 is 32.6. The van der Waals surface area contributed by atoms with Crippen LogP contribution in [0.25, 0.3) is 0 Å². The number of rotatable bonds is 8. The fourth-order valence-corrected chi connectivity index (χ4v) is 3.33. The Bertz CT molecular complexity index is 730. The van der Waals surface area contributed by atoms with Gasteiger partial charge >= 0.3 is 5.97 Å². The van der Waals surface area contributed by atoms with Gasteiger partial charge in [0.15, 0.2) is 0 Å². The number of likely N-dealkylation sites (tertiary alicyclic amines) is 1. The maximum atomic E-state index is 11.7. The largest absolute Gasteiger partial charge is 0.747 e. The number of amides is 4. The van der Waals surface area contributed by atoms with Crippen molar-refractivity contribution in [3.8, 4) is 0 Å². The Morgan fingerprint density at radius 3 is 2.19 bits per heavy atom. The molecule has 2 rings (SSSR count). The molecule has 0 N–H and O–H groups in total. The smallest absolute Gasteiger partial charge is 0.333 e. The molecule has 0 aliphatic carbocycles. The lowest BCUT2D eigenvalue weighted by atomic mass is 10.2. The standard InChI is InChI=1S/C14H18N2O9S/c17-10-5-6-11(18)15(10)7-3-1-2-4-13(20)25-16-12(19)8-9(14(16)21)26(22,23)24/h9H,1-8H2,(H,22,23,24)/p-1. The first-order valence-electron chi connectivity index (χ1n) is 7.96. The number of hydroxylamine groups is 2. The van der Waals surface area contributed by atoms with Crippen LogP contribution in [0.15, 0.2) is 0 Å². The third-order valence-electron chi connectivity index (χ3n) is 4.02. The number of hydrogen-bond acceptors (Lipinski definition) is 9. The lowest BCUT2D eigenvalue weighted by molar-refractivity contribution is -0.197. The first-order valence-corrected chi connectivity index (χ1v) is 9.44. The van der Waals surface area contributed by atoms with Crippen LogP contribution in [-0.4, -0.2) is 64.3 Å². The fourth-order valence-electron chi connectivity index (χ4n) is 2.64. The number of carbonyl (C=O) groups is 5. The summed E-state index contributed by atoms with van der Waals surface area (Å²) in [7, 11) is -5.01. The van der Waals surface area contributed by atoms with Crippen LogP contribution in [-0.2, 0) is 38.9 Å². The van der Waals surface area contributed by atoms with Crippen molar-refractivity contribution >= 4 is 39.7 Å². The van der Waals surface area contributed by atoms with E-state index in [4.69, 9.17) is 0 Å².